The molecular formula is C17H14FNOS. The maximum atomic E-state index is 13.2. The number of aliphatic hydroxyl groups excluding tert-OH is 1. The van der Waals surface area contributed by atoms with E-state index in [4.69, 9.17) is 0 Å². The quantitative estimate of drug-likeness (QED) is 0.786. The van der Waals surface area contributed by atoms with Gasteiger partial charge in [-0.3, -0.25) is 0 Å². The highest BCUT2D eigenvalue weighted by molar-refractivity contribution is 7.18. The summed E-state index contributed by atoms with van der Waals surface area (Å²) >= 11 is 1.66. The van der Waals surface area contributed by atoms with Gasteiger partial charge in [0.15, 0.2) is 0 Å². The van der Waals surface area contributed by atoms with E-state index in [0.29, 0.717) is 11.8 Å². The van der Waals surface area contributed by atoms with Crippen LogP contribution in [-0.2, 0) is 6.61 Å². The third kappa shape index (κ3) is 2.34. The van der Waals surface area contributed by atoms with Crippen LogP contribution in [0.1, 0.15) is 34.4 Å². The first-order chi connectivity index (χ1) is 10.2. The average molecular weight is 299 g/mol. The number of aromatic nitrogens is 1. The van der Waals surface area contributed by atoms with Gasteiger partial charge >= 0.3 is 0 Å². The second kappa shape index (κ2) is 4.90. The molecule has 1 aromatic heterocycles. The summed E-state index contributed by atoms with van der Waals surface area (Å²) in [4.78, 5) is 4.58. The molecule has 0 bridgehead atoms. The minimum absolute atomic E-state index is 0.0750. The number of rotatable bonds is 3. The van der Waals surface area contributed by atoms with Crippen LogP contribution in [0.15, 0.2) is 42.5 Å². The van der Waals surface area contributed by atoms with Gasteiger partial charge in [0.25, 0.3) is 0 Å². The highest BCUT2D eigenvalue weighted by Crippen LogP contribution is 2.56. The molecule has 2 aromatic carbocycles. The fourth-order valence-electron chi connectivity index (χ4n) is 2.84. The third-order valence-electron chi connectivity index (χ3n) is 4.04. The zero-order valence-electron chi connectivity index (χ0n) is 11.3. The highest BCUT2D eigenvalue weighted by Gasteiger charge is 2.41. The van der Waals surface area contributed by atoms with Crippen molar-refractivity contribution in [1.29, 1.82) is 0 Å². The molecule has 0 amide bonds. The van der Waals surface area contributed by atoms with Crippen molar-refractivity contribution in [3.05, 3.63) is 64.4 Å². The summed E-state index contributed by atoms with van der Waals surface area (Å²) in [5, 5.41) is 10.3. The van der Waals surface area contributed by atoms with Crippen molar-refractivity contribution < 1.29 is 9.50 Å². The number of hydrogen-bond acceptors (Lipinski definition) is 3. The van der Waals surface area contributed by atoms with E-state index in [1.165, 1.54) is 17.7 Å². The number of hydrogen-bond donors (Lipinski definition) is 1. The summed E-state index contributed by atoms with van der Waals surface area (Å²) in [6.07, 6.45) is 1.08. The second-order valence-corrected chi connectivity index (χ2v) is 6.58. The number of aliphatic hydroxyl groups is 1. The highest BCUT2D eigenvalue weighted by atomic mass is 32.1. The lowest BCUT2D eigenvalue weighted by molar-refractivity contribution is 0.281. The summed E-state index contributed by atoms with van der Waals surface area (Å²) in [5.74, 6) is 0.670. The maximum absolute atomic E-state index is 13.2. The predicted octanol–water partition coefficient (Wildman–Crippen LogP) is 4.20. The van der Waals surface area contributed by atoms with Crippen LogP contribution in [0, 0.1) is 5.82 Å². The maximum Gasteiger partial charge on any atom is 0.125 e. The molecule has 4 rings (SSSR count). The van der Waals surface area contributed by atoms with Crippen LogP contribution in [0.25, 0.3) is 10.2 Å². The lowest BCUT2D eigenvalue weighted by Crippen LogP contribution is -1.87. The molecule has 1 aliphatic rings. The molecule has 0 aliphatic heterocycles. The Morgan fingerprint density at radius 1 is 1.19 bits per heavy atom. The monoisotopic (exact) mass is 299 g/mol. The predicted molar refractivity (Wildman–Crippen MR) is 82.0 cm³/mol. The van der Waals surface area contributed by atoms with Gasteiger partial charge in [-0.15, -0.1) is 11.3 Å². The number of thiazole rings is 1. The summed E-state index contributed by atoms with van der Waals surface area (Å²) in [6.45, 7) is 0.0750. The van der Waals surface area contributed by atoms with E-state index < -0.39 is 0 Å². The molecule has 2 nitrogen and oxygen atoms in total. The minimum Gasteiger partial charge on any atom is -0.392 e. The molecule has 21 heavy (non-hydrogen) atoms. The number of fused-ring (bicyclic) bond motifs is 1. The lowest BCUT2D eigenvalue weighted by atomic mass is 10.1. The molecule has 1 saturated carbocycles. The number of nitrogens with zero attached hydrogens (tertiary/aromatic N) is 1. The van der Waals surface area contributed by atoms with Crippen LogP contribution < -0.4 is 0 Å². The van der Waals surface area contributed by atoms with Crippen molar-refractivity contribution in [3.63, 3.8) is 0 Å². The van der Waals surface area contributed by atoms with Crippen molar-refractivity contribution in [2.75, 3.05) is 0 Å². The summed E-state index contributed by atoms with van der Waals surface area (Å²) in [7, 11) is 0. The Labute approximate surface area is 125 Å². The normalized spacial score (nSPS) is 20.9. The van der Waals surface area contributed by atoms with Gasteiger partial charge in [0.05, 0.1) is 21.8 Å². The van der Waals surface area contributed by atoms with E-state index in [-0.39, 0.29) is 12.4 Å². The van der Waals surface area contributed by atoms with Crippen LogP contribution in [0.4, 0.5) is 4.39 Å². The zero-order chi connectivity index (χ0) is 14.4. The molecule has 2 atom stereocenters. The Balaban J connectivity index is 1.62. The van der Waals surface area contributed by atoms with Crippen LogP contribution >= 0.6 is 11.3 Å². The van der Waals surface area contributed by atoms with Gasteiger partial charge in [0.2, 0.25) is 0 Å². The smallest absolute Gasteiger partial charge is 0.125 e. The fourth-order valence-corrected chi connectivity index (χ4v) is 3.96. The Morgan fingerprint density at radius 3 is 2.95 bits per heavy atom. The molecule has 1 fully saturated rings. The van der Waals surface area contributed by atoms with Crippen LogP contribution in [0.2, 0.25) is 0 Å². The summed E-state index contributed by atoms with van der Waals surface area (Å²) in [6, 6.07) is 12.9. The molecule has 4 heteroatoms. The van der Waals surface area contributed by atoms with Gasteiger partial charge < -0.3 is 5.11 Å². The molecule has 1 aliphatic carbocycles. The van der Waals surface area contributed by atoms with Gasteiger partial charge in [-0.05, 0) is 35.6 Å². The molecule has 0 radical (unpaired) electrons. The first kappa shape index (κ1) is 12.9. The summed E-state index contributed by atoms with van der Waals surface area (Å²) in [5.41, 5.74) is 2.96. The Kier molecular flexibility index (Phi) is 3.01. The van der Waals surface area contributed by atoms with E-state index in [1.807, 2.05) is 12.1 Å². The number of benzene rings is 2. The molecule has 1 N–H and O–H groups in total. The number of halogens is 1. The van der Waals surface area contributed by atoms with Crippen molar-refractivity contribution in [2.24, 2.45) is 0 Å². The molecule has 0 spiro atoms. The van der Waals surface area contributed by atoms with E-state index in [1.54, 1.807) is 17.4 Å². The van der Waals surface area contributed by atoms with E-state index in [0.717, 1.165) is 27.2 Å². The van der Waals surface area contributed by atoms with Crippen molar-refractivity contribution in [2.45, 2.75) is 24.9 Å². The first-order valence-corrected chi connectivity index (χ1v) is 7.82. The van der Waals surface area contributed by atoms with E-state index in [9.17, 15) is 9.50 Å². The minimum atomic E-state index is -0.234. The van der Waals surface area contributed by atoms with E-state index >= 15 is 0 Å². The van der Waals surface area contributed by atoms with Gasteiger partial charge in [0, 0.05) is 12.0 Å². The van der Waals surface area contributed by atoms with Crippen LogP contribution in [0.5, 0.6) is 0 Å². The van der Waals surface area contributed by atoms with Crippen LogP contribution in [-0.4, -0.2) is 10.1 Å². The Bertz CT molecular complexity index is 813. The first-order valence-electron chi connectivity index (χ1n) is 7.00. The van der Waals surface area contributed by atoms with E-state index in [2.05, 4.69) is 17.1 Å². The summed E-state index contributed by atoms with van der Waals surface area (Å²) < 4.78 is 14.3. The van der Waals surface area contributed by atoms with Crippen molar-refractivity contribution >= 4 is 21.6 Å². The van der Waals surface area contributed by atoms with Crippen LogP contribution in [0.3, 0.4) is 0 Å². The zero-order valence-corrected chi connectivity index (χ0v) is 12.1. The third-order valence-corrected chi connectivity index (χ3v) is 5.20. The fraction of sp³-hybridized carbons (Fsp3) is 0.235. The molecule has 2 unspecified atom stereocenters. The standard InChI is InChI=1S/C17H14FNOS/c18-12-4-5-16-15(7-12)19-17(21-16)14-8-13(14)11-3-1-2-10(6-11)9-20/h1-7,13-14,20H,8-9H2. The topological polar surface area (TPSA) is 33.1 Å². The van der Waals surface area contributed by atoms with Gasteiger partial charge in [-0.25, -0.2) is 9.37 Å². The molecule has 106 valence electrons. The Morgan fingerprint density at radius 2 is 2.10 bits per heavy atom. The Hall–Kier alpha value is -1.78. The van der Waals surface area contributed by atoms with Crippen molar-refractivity contribution in [1.82, 2.24) is 4.98 Å². The largest absolute Gasteiger partial charge is 0.392 e. The average Bonchev–Trinajstić information content (AvgIpc) is 3.20. The van der Waals surface area contributed by atoms with Gasteiger partial charge in [-0.1, -0.05) is 24.3 Å². The molecular weight excluding hydrogens is 285 g/mol. The lowest BCUT2D eigenvalue weighted by Gasteiger charge is -2.01. The molecule has 3 aromatic rings. The SMILES string of the molecule is OCc1cccc(C2CC2c2nc3cc(F)ccc3s2)c1. The second-order valence-electron chi connectivity index (χ2n) is 5.52. The van der Waals surface area contributed by atoms with Gasteiger partial charge in [-0.2, -0.15) is 0 Å². The molecule has 0 saturated heterocycles. The van der Waals surface area contributed by atoms with Gasteiger partial charge in [0.1, 0.15) is 5.82 Å². The van der Waals surface area contributed by atoms with Crippen molar-refractivity contribution in [3.8, 4) is 0 Å². The molecule has 1 heterocycles.